The monoisotopic (exact) mass is 404 g/mol. The zero-order valence-electron chi connectivity index (χ0n) is 17.3. The largest absolute Gasteiger partial charge is 0.497 e. The van der Waals surface area contributed by atoms with Crippen molar-refractivity contribution in [2.45, 2.75) is 13.0 Å². The summed E-state index contributed by atoms with van der Waals surface area (Å²) in [6, 6.07) is 15.6. The van der Waals surface area contributed by atoms with Crippen molar-refractivity contribution in [1.29, 1.82) is 0 Å². The lowest BCUT2D eigenvalue weighted by Crippen LogP contribution is -2.18. The second-order valence-corrected chi connectivity index (χ2v) is 7.28. The predicted octanol–water partition coefficient (Wildman–Crippen LogP) is 3.93. The molecule has 0 fully saturated rings. The molecule has 2 aromatic heterocycles. The highest BCUT2D eigenvalue weighted by molar-refractivity contribution is 5.95. The number of methoxy groups -OCH3 is 1. The number of amides is 1. The molecule has 0 unspecified atom stereocenters. The average Bonchev–Trinajstić information content (AvgIpc) is 3.34. The molecular weight excluding hydrogens is 380 g/mol. The van der Waals surface area contributed by atoms with Crippen molar-refractivity contribution >= 4 is 28.4 Å². The molecule has 0 aliphatic heterocycles. The molecule has 0 aliphatic rings. The summed E-state index contributed by atoms with van der Waals surface area (Å²) in [5.41, 5.74) is 3.77. The third-order valence-electron chi connectivity index (χ3n) is 4.98. The Morgan fingerprint density at radius 3 is 2.70 bits per heavy atom. The number of fused-ring (bicyclic) bond motifs is 1. The van der Waals surface area contributed by atoms with E-state index in [-0.39, 0.29) is 12.3 Å². The van der Waals surface area contributed by atoms with Crippen LogP contribution in [0.1, 0.15) is 11.1 Å². The first-order valence-electron chi connectivity index (χ1n) is 9.65. The molecule has 0 aliphatic carbocycles. The number of hydrogen-bond donors (Lipinski definition) is 1. The minimum atomic E-state index is -0.127. The number of nitrogens with one attached hydrogen (secondary N) is 1. The third-order valence-corrected chi connectivity index (χ3v) is 4.98. The van der Waals surface area contributed by atoms with Gasteiger partial charge in [-0.1, -0.05) is 12.1 Å². The predicted molar refractivity (Wildman–Crippen MR) is 117 cm³/mol. The Labute approximate surface area is 174 Å². The van der Waals surface area contributed by atoms with Gasteiger partial charge in [-0.3, -0.25) is 4.79 Å². The Balaban J connectivity index is 1.44. The summed E-state index contributed by atoms with van der Waals surface area (Å²) >= 11 is 0. The molecule has 30 heavy (non-hydrogen) atoms. The number of aromatic nitrogens is 2. The number of ether oxygens (including phenoxy) is 1. The van der Waals surface area contributed by atoms with Gasteiger partial charge in [0.15, 0.2) is 0 Å². The lowest BCUT2D eigenvalue weighted by molar-refractivity contribution is -0.115. The van der Waals surface area contributed by atoms with Crippen LogP contribution >= 0.6 is 0 Å². The molecule has 0 atom stereocenters. The fraction of sp³-hybridized carbons (Fsp3) is 0.217. The summed E-state index contributed by atoms with van der Waals surface area (Å²) < 4.78 is 12.6. The zero-order chi connectivity index (χ0) is 21.1. The smallest absolute Gasteiger partial charge is 0.230 e. The van der Waals surface area contributed by atoms with Gasteiger partial charge < -0.3 is 19.4 Å². The van der Waals surface area contributed by atoms with Gasteiger partial charge in [0.25, 0.3) is 0 Å². The Hall–Kier alpha value is -3.74. The first-order valence-corrected chi connectivity index (χ1v) is 9.65. The molecule has 4 rings (SSSR count). The van der Waals surface area contributed by atoms with Crippen molar-refractivity contribution in [3.8, 4) is 5.75 Å². The molecule has 0 saturated carbocycles. The molecular formula is C23H24N4O3. The highest BCUT2D eigenvalue weighted by Gasteiger charge is 2.13. The first kappa shape index (κ1) is 19.6. The van der Waals surface area contributed by atoms with E-state index in [1.54, 1.807) is 30.3 Å². The standard InChI is InChI=1S/C23H24N4O3/c1-26(2)18-6-4-16(5-7-18)14-27-22(10-11-24-27)25-23(28)12-17-15-30-21-13-19(29-3)8-9-20(17)21/h4-11,13,15H,12,14H2,1-3H3,(H,25,28). The molecule has 0 radical (unpaired) electrons. The molecule has 7 nitrogen and oxygen atoms in total. The van der Waals surface area contributed by atoms with E-state index in [1.807, 2.05) is 32.3 Å². The van der Waals surface area contributed by atoms with Crippen molar-refractivity contribution in [3.05, 3.63) is 72.1 Å². The van der Waals surface area contributed by atoms with Crippen LogP contribution in [-0.2, 0) is 17.8 Å². The van der Waals surface area contributed by atoms with Gasteiger partial charge in [-0.15, -0.1) is 0 Å². The summed E-state index contributed by atoms with van der Waals surface area (Å²) in [5.74, 6) is 1.25. The van der Waals surface area contributed by atoms with Gasteiger partial charge in [-0.05, 0) is 29.8 Å². The Kier molecular flexibility index (Phi) is 5.43. The summed E-state index contributed by atoms with van der Waals surface area (Å²) in [5, 5.41) is 8.20. The normalized spacial score (nSPS) is 10.9. The highest BCUT2D eigenvalue weighted by Crippen LogP contribution is 2.26. The molecule has 7 heteroatoms. The summed E-state index contributed by atoms with van der Waals surface area (Å²) in [6.45, 7) is 0.574. The van der Waals surface area contributed by atoms with Gasteiger partial charge >= 0.3 is 0 Å². The van der Waals surface area contributed by atoms with E-state index in [2.05, 4.69) is 39.6 Å². The van der Waals surface area contributed by atoms with Crippen LogP contribution in [0.4, 0.5) is 11.5 Å². The number of carbonyl (C=O) groups excluding carboxylic acids is 1. The van der Waals surface area contributed by atoms with Crippen LogP contribution in [0.15, 0.2) is 65.4 Å². The van der Waals surface area contributed by atoms with E-state index in [0.29, 0.717) is 17.9 Å². The first-order chi connectivity index (χ1) is 14.5. The number of nitrogens with zero attached hydrogens (tertiary/aromatic N) is 3. The van der Waals surface area contributed by atoms with E-state index in [0.717, 1.165) is 28.0 Å². The van der Waals surface area contributed by atoms with Gasteiger partial charge in [-0.2, -0.15) is 5.10 Å². The van der Waals surface area contributed by atoms with E-state index < -0.39 is 0 Å². The zero-order valence-corrected chi connectivity index (χ0v) is 17.3. The second-order valence-electron chi connectivity index (χ2n) is 7.28. The number of carbonyl (C=O) groups is 1. The van der Waals surface area contributed by atoms with Crippen LogP contribution < -0.4 is 15.0 Å². The van der Waals surface area contributed by atoms with E-state index >= 15 is 0 Å². The Morgan fingerprint density at radius 1 is 1.17 bits per heavy atom. The maximum Gasteiger partial charge on any atom is 0.230 e. The van der Waals surface area contributed by atoms with Crippen molar-refractivity contribution in [1.82, 2.24) is 9.78 Å². The van der Waals surface area contributed by atoms with Crippen molar-refractivity contribution in [3.63, 3.8) is 0 Å². The van der Waals surface area contributed by atoms with Crippen LogP contribution in [0.5, 0.6) is 5.75 Å². The molecule has 0 saturated heterocycles. The lowest BCUT2D eigenvalue weighted by Gasteiger charge is -2.13. The molecule has 0 spiro atoms. The molecule has 4 aromatic rings. The molecule has 0 bridgehead atoms. The molecule has 1 N–H and O–H groups in total. The molecule has 2 aromatic carbocycles. The Bertz CT molecular complexity index is 1160. The molecule has 1 amide bonds. The molecule has 2 heterocycles. The number of anilines is 2. The van der Waals surface area contributed by atoms with Crippen LogP contribution in [0.25, 0.3) is 11.0 Å². The number of hydrogen-bond acceptors (Lipinski definition) is 5. The second kappa shape index (κ2) is 8.32. The summed E-state index contributed by atoms with van der Waals surface area (Å²) in [4.78, 5) is 14.7. The van der Waals surface area contributed by atoms with Gasteiger partial charge in [0.2, 0.25) is 5.91 Å². The van der Waals surface area contributed by atoms with E-state index in [4.69, 9.17) is 9.15 Å². The van der Waals surface area contributed by atoms with Crippen LogP contribution in [-0.4, -0.2) is 36.9 Å². The topological polar surface area (TPSA) is 72.5 Å². The van der Waals surface area contributed by atoms with Crippen LogP contribution in [0.3, 0.4) is 0 Å². The fourth-order valence-electron chi connectivity index (χ4n) is 3.32. The van der Waals surface area contributed by atoms with Crippen molar-refractivity contribution < 1.29 is 13.9 Å². The third kappa shape index (κ3) is 4.15. The summed E-state index contributed by atoms with van der Waals surface area (Å²) in [6.07, 6.45) is 3.51. The van der Waals surface area contributed by atoms with Gasteiger partial charge in [0, 0.05) is 42.9 Å². The minimum Gasteiger partial charge on any atom is -0.497 e. The Morgan fingerprint density at radius 2 is 1.97 bits per heavy atom. The van der Waals surface area contributed by atoms with Crippen LogP contribution in [0.2, 0.25) is 0 Å². The van der Waals surface area contributed by atoms with Crippen molar-refractivity contribution in [2.75, 3.05) is 31.4 Å². The minimum absolute atomic E-state index is 0.127. The number of rotatable bonds is 7. The lowest BCUT2D eigenvalue weighted by atomic mass is 10.1. The SMILES string of the molecule is COc1ccc2c(CC(=O)Nc3ccnn3Cc3ccc(N(C)C)cc3)coc2c1. The van der Waals surface area contributed by atoms with E-state index in [1.165, 1.54) is 0 Å². The van der Waals surface area contributed by atoms with Gasteiger partial charge in [0.05, 0.1) is 32.5 Å². The van der Waals surface area contributed by atoms with E-state index in [9.17, 15) is 4.79 Å². The van der Waals surface area contributed by atoms with Gasteiger partial charge in [0.1, 0.15) is 17.2 Å². The quantitative estimate of drug-likeness (QED) is 0.505. The van der Waals surface area contributed by atoms with Crippen molar-refractivity contribution in [2.24, 2.45) is 0 Å². The number of benzene rings is 2. The van der Waals surface area contributed by atoms with Gasteiger partial charge in [-0.25, -0.2) is 4.68 Å². The maximum absolute atomic E-state index is 12.6. The van der Waals surface area contributed by atoms with Crippen LogP contribution in [0, 0.1) is 0 Å². The average molecular weight is 404 g/mol. The molecule has 154 valence electrons. The maximum atomic E-state index is 12.6. The summed E-state index contributed by atoms with van der Waals surface area (Å²) in [7, 11) is 5.63. The highest BCUT2D eigenvalue weighted by atomic mass is 16.5. The fourth-order valence-corrected chi connectivity index (χ4v) is 3.32. The number of furan rings is 1.